The first kappa shape index (κ1) is 15.9. The van der Waals surface area contributed by atoms with E-state index in [2.05, 4.69) is 10.3 Å². The fraction of sp³-hybridized carbons (Fsp3) is 0.417. The fourth-order valence-corrected chi connectivity index (χ4v) is 1.85. The molecule has 0 aliphatic carbocycles. The molecular formula is C12H17N3O5. The van der Waals surface area contributed by atoms with Gasteiger partial charge in [-0.1, -0.05) is 0 Å². The van der Waals surface area contributed by atoms with Gasteiger partial charge in [0.25, 0.3) is 0 Å². The van der Waals surface area contributed by atoms with Gasteiger partial charge in [0.2, 0.25) is 0 Å². The third-order valence-electron chi connectivity index (χ3n) is 2.90. The van der Waals surface area contributed by atoms with Crippen molar-refractivity contribution in [2.45, 2.75) is 25.9 Å². The summed E-state index contributed by atoms with van der Waals surface area (Å²) in [5, 5.41) is 30.3. The number of nitrogens with two attached hydrogens (primary N) is 1. The van der Waals surface area contributed by atoms with E-state index in [1.54, 1.807) is 13.8 Å². The van der Waals surface area contributed by atoms with Crippen LogP contribution in [0.3, 0.4) is 0 Å². The summed E-state index contributed by atoms with van der Waals surface area (Å²) in [5.41, 5.74) is 6.66. The largest absolute Gasteiger partial charge is 0.506 e. The molecule has 0 aliphatic heterocycles. The number of pyridine rings is 1. The van der Waals surface area contributed by atoms with Gasteiger partial charge in [0.15, 0.2) is 0 Å². The van der Waals surface area contributed by atoms with Crippen molar-refractivity contribution >= 4 is 11.9 Å². The molecule has 2 unspecified atom stereocenters. The van der Waals surface area contributed by atoms with Crippen LogP contribution in [0, 0.1) is 13.8 Å². The molecule has 0 saturated carbocycles. The second-order valence-electron chi connectivity index (χ2n) is 4.41. The van der Waals surface area contributed by atoms with Crippen LogP contribution in [-0.2, 0) is 9.59 Å². The standard InChI is InChI=1S/C12H17N3O5/c1-5-3-14-6(2)11(18)8(5)10(9(13)12(19)20)15-4-7(16)17/h3,9-10,15,18H,4,13H2,1-2H3,(H,16,17)(H,19,20). The molecule has 110 valence electrons. The number of aryl methyl sites for hydroxylation is 2. The van der Waals surface area contributed by atoms with E-state index >= 15 is 0 Å². The minimum atomic E-state index is -1.40. The molecule has 0 radical (unpaired) electrons. The molecule has 0 aromatic carbocycles. The van der Waals surface area contributed by atoms with Gasteiger partial charge in [-0.05, 0) is 19.4 Å². The van der Waals surface area contributed by atoms with Gasteiger partial charge in [-0.2, -0.15) is 0 Å². The van der Waals surface area contributed by atoms with Gasteiger partial charge < -0.3 is 21.1 Å². The molecular weight excluding hydrogens is 266 g/mol. The van der Waals surface area contributed by atoms with E-state index in [0.29, 0.717) is 11.3 Å². The summed E-state index contributed by atoms with van der Waals surface area (Å²) in [6, 6.07) is -2.44. The highest BCUT2D eigenvalue weighted by Gasteiger charge is 2.30. The quantitative estimate of drug-likeness (QED) is 0.471. The highest BCUT2D eigenvalue weighted by atomic mass is 16.4. The van der Waals surface area contributed by atoms with Crippen LogP contribution in [0.15, 0.2) is 6.20 Å². The van der Waals surface area contributed by atoms with Crippen LogP contribution in [0.25, 0.3) is 0 Å². The fourth-order valence-electron chi connectivity index (χ4n) is 1.85. The molecule has 20 heavy (non-hydrogen) atoms. The van der Waals surface area contributed by atoms with Crippen molar-refractivity contribution in [1.82, 2.24) is 10.3 Å². The lowest BCUT2D eigenvalue weighted by Gasteiger charge is -2.24. The second-order valence-corrected chi connectivity index (χ2v) is 4.41. The van der Waals surface area contributed by atoms with E-state index in [4.69, 9.17) is 15.9 Å². The zero-order chi connectivity index (χ0) is 15.4. The SMILES string of the molecule is Cc1cnc(C)c(O)c1C(NCC(=O)O)C(N)C(=O)O. The van der Waals surface area contributed by atoms with Crippen LogP contribution < -0.4 is 11.1 Å². The van der Waals surface area contributed by atoms with Gasteiger partial charge in [0.05, 0.1) is 18.3 Å². The third-order valence-corrected chi connectivity index (χ3v) is 2.90. The molecule has 0 saturated heterocycles. The maximum Gasteiger partial charge on any atom is 0.322 e. The highest BCUT2D eigenvalue weighted by Crippen LogP contribution is 2.30. The van der Waals surface area contributed by atoms with Gasteiger partial charge in [0.1, 0.15) is 11.8 Å². The van der Waals surface area contributed by atoms with Gasteiger partial charge in [-0.15, -0.1) is 0 Å². The Balaban J connectivity index is 3.26. The number of nitrogens with one attached hydrogen (secondary N) is 1. The van der Waals surface area contributed by atoms with Crippen LogP contribution in [-0.4, -0.2) is 44.8 Å². The average Bonchev–Trinajstić information content (AvgIpc) is 2.36. The predicted molar refractivity (Wildman–Crippen MR) is 69.4 cm³/mol. The maximum absolute atomic E-state index is 11.1. The molecule has 0 bridgehead atoms. The lowest BCUT2D eigenvalue weighted by Crippen LogP contribution is -2.45. The molecule has 0 amide bonds. The van der Waals surface area contributed by atoms with Crippen molar-refractivity contribution in [2.24, 2.45) is 5.73 Å². The summed E-state index contributed by atoms with van der Waals surface area (Å²) >= 11 is 0. The van der Waals surface area contributed by atoms with Crippen molar-refractivity contribution in [1.29, 1.82) is 0 Å². The zero-order valence-corrected chi connectivity index (χ0v) is 11.1. The Morgan fingerprint density at radius 1 is 1.40 bits per heavy atom. The van der Waals surface area contributed by atoms with Crippen molar-refractivity contribution in [3.8, 4) is 5.75 Å². The Labute approximate surface area is 115 Å². The normalized spacial score (nSPS) is 13.8. The number of aliphatic carboxylic acids is 2. The van der Waals surface area contributed by atoms with Crippen molar-refractivity contribution in [3.05, 3.63) is 23.0 Å². The van der Waals surface area contributed by atoms with Gasteiger partial charge in [-0.3, -0.25) is 19.9 Å². The number of aromatic nitrogens is 1. The first-order valence-electron chi connectivity index (χ1n) is 5.84. The van der Waals surface area contributed by atoms with Gasteiger partial charge >= 0.3 is 11.9 Å². The lowest BCUT2D eigenvalue weighted by atomic mass is 9.95. The molecule has 1 aromatic rings. The Bertz CT molecular complexity index is 532. The Morgan fingerprint density at radius 2 is 2.00 bits per heavy atom. The first-order chi connectivity index (χ1) is 9.25. The van der Waals surface area contributed by atoms with E-state index in [9.17, 15) is 14.7 Å². The summed E-state index contributed by atoms with van der Waals surface area (Å²) in [4.78, 5) is 25.6. The summed E-state index contributed by atoms with van der Waals surface area (Å²) < 4.78 is 0. The molecule has 0 spiro atoms. The maximum atomic E-state index is 11.1. The first-order valence-corrected chi connectivity index (χ1v) is 5.84. The molecule has 0 aliphatic rings. The van der Waals surface area contributed by atoms with Crippen molar-refractivity contribution in [2.75, 3.05) is 6.54 Å². The molecule has 1 heterocycles. The number of carboxylic acids is 2. The summed E-state index contributed by atoms with van der Waals surface area (Å²) in [6.07, 6.45) is 1.47. The van der Waals surface area contributed by atoms with Crippen LogP contribution >= 0.6 is 0 Å². The number of carboxylic acid groups (broad SMARTS) is 2. The van der Waals surface area contributed by atoms with E-state index in [1.165, 1.54) is 6.20 Å². The number of carbonyl (C=O) groups is 2. The van der Waals surface area contributed by atoms with Crippen molar-refractivity contribution in [3.63, 3.8) is 0 Å². The van der Waals surface area contributed by atoms with Crippen molar-refractivity contribution < 1.29 is 24.9 Å². The molecule has 8 heteroatoms. The van der Waals surface area contributed by atoms with Crippen LogP contribution in [0.4, 0.5) is 0 Å². The van der Waals surface area contributed by atoms with Crippen LogP contribution in [0.1, 0.15) is 22.9 Å². The average molecular weight is 283 g/mol. The number of hydrogen-bond acceptors (Lipinski definition) is 6. The number of rotatable bonds is 6. The molecule has 8 nitrogen and oxygen atoms in total. The zero-order valence-electron chi connectivity index (χ0n) is 11.1. The Kier molecular flexibility index (Phi) is 5.00. The van der Waals surface area contributed by atoms with Gasteiger partial charge in [0, 0.05) is 11.8 Å². The number of hydrogen-bond donors (Lipinski definition) is 5. The molecule has 1 rings (SSSR count). The van der Waals surface area contributed by atoms with Crippen LogP contribution in [0.2, 0.25) is 0 Å². The van der Waals surface area contributed by atoms with E-state index in [0.717, 1.165) is 0 Å². The summed E-state index contributed by atoms with van der Waals surface area (Å²) in [6.45, 7) is 2.70. The number of nitrogens with zero attached hydrogens (tertiary/aromatic N) is 1. The molecule has 2 atom stereocenters. The minimum Gasteiger partial charge on any atom is -0.506 e. The highest BCUT2D eigenvalue weighted by molar-refractivity contribution is 5.75. The Hall–Kier alpha value is -2.19. The van der Waals surface area contributed by atoms with E-state index in [-0.39, 0.29) is 11.3 Å². The minimum absolute atomic E-state index is 0.190. The van der Waals surface area contributed by atoms with Crippen LogP contribution in [0.5, 0.6) is 5.75 Å². The summed E-state index contributed by atoms with van der Waals surface area (Å²) in [5.74, 6) is -2.65. The third kappa shape index (κ3) is 3.43. The summed E-state index contributed by atoms with van der Waals surface area (Å²) in [7, 11) is 0. The van der Waals surface area contributed by atoms with E-state index < -0.39 is 30.6 Å². The number of aromatic hydroxyl groups is 1. The molecule has 6 N–H and O–H groups in total. The molecule has 1 aromatic heterocycles. The molecule has 0 fully saturated rings. The Morgan fingerprint density at radius 3 is 2.50 bits per heavy atom. The smallest absolute Gasteiger partial charge is 0.322 e. The van der Waals surface area contributed by atoms with E-state index in [1.807, 2.05) is 0 Å². The predicted octanol–water partition coefficient (Wildman–Crippen LogP) is -0.469. The second kappa shape index (κ2) is 6.31. The topological polar surface area (TPSA) is 146 Å². The van der Waals surface area contributed by atoms with Gasteiger partial charge in [-0.25, -0.2) is 0 Å². The lowest BCUT2D eigenvalue weighted by molar-refractivity contribution is -0.140. The monoisotopic (exact) mass is 283 g/mol.